The molecule has 3 aliphatic heterocycles. The number of amides is 1. The lowest BCUT2D eigenvalue weighted by Gasteiger charge is -2.37. The second-order valence-corrected chi connectivity index (χ2v) is 14.4. The smallest absolute Gasteiger partial charge is 0.319 e. The van der Waals surface area contributed by atoms with E-state index in [-0.39, 0.29) is 72.7 Å². The van der Waals surface area contributed by atoms with Gasteiger partial charge in [0.05, 0.1) is 39.0 Å². The molecule has 0 radical (unpaired) electrons. The van der Waals surface area contributed by atoms with Crippen molar-refractivity contribution in [3.05, 3.63) is 59.5 Å². The molecule has 0 aliphatic carbocycles. The van der Waals surface area contributed by atoms with E-state index in [1.54, 1.807) is 11.9 Å². The minimum Gasteiger partial charge on any atom is -0.461 e. The van der Waals surface area contributed by atoms with Crippen LogP contribution in [0.4, 0.5) is 29.7 Å². The van der Waals surface area contributed by atoms with Crippen molar-refractivity contribution >= 4 is 54.7 Å². The molecule has 3 saturated heterocycles. The van der Waals surface area contributed by atoms with Crippen molar-refractivity contribution < 1.29 is 22.7 Å². The number of nitrogen functional groups attached to an aromatic ring is 1. The molecule has 14 heteroatoms. The maximum absolute atomic E-state index is 17.2. The van der Waals surface area contributed by atoms with E-state index in [1.807, 2.05) is 11.8 Å². The Morgan fingerprint density at radius 3 is 2.88 bits per heavy atom. The Balaban J connectivity index is 1.42. The number of alkyl halides is 1. The molecule has 3 fully saturated rings. The van der Waals surface area contributed by atoms with Gasteiger partial charge in [0, 0.05) is 49.4 Å². The van der Waals surface area contributed by atoms with E-state index >= 15 is 4.39 Å². The Morgan fingerprint density at radius 1 is 1.35 bits per heavy atom. The fourth-order valence-electron chi connectivity index (χ4n) is 7.79. The summed E-state index contributed by atoms with van der Waals surface area (Å²) in [5.74, 6) is -1.44. The molecule has 3 atom stereocenters. The standard InChI is InChI=1S/C35H33F3N8O2S/c1-5-24(47)45-12-10-34(2,17-45)44(4)32-22-13-19(15-39)25(21-7-8-23(37)30-26(21)29(41-3)31(40)49-30)27(38)28(22)42-33(43-32)48-18-35-9-6-11-46(35)16-20(36)14-35/h5,7-8,13,20H,1,6,9-12,14,16-18,40H2,2,4H3/t20-,34-,35+/m1/s1. The molecule has 4 aromatic rings. The second kappa shape index (κ2) is 11.9. The summed E-state index contributed by atoms with van der Waals surface area (Å²) in [6.07, 6.45) is 2.82. The molecule has 10 nitrogen and oxygen atoms in total. The van der Waals surface area contributed by atoms with Crippen LogP contribution < -0.4 is 15.4 Å². The zero-order valence-electron chi connectivity index (χ0n) is 27.0. The van der Waals surface area contributed by atoms with Crippen molar-refractivity contribution in [1.29, 1.82) is 5.26 Å². The molecule has 252 valence electrons. The first-order valence-electron chi connectivity index (χ1n) is 15.9. The summed E-state index contributed by atoms with van der Waals surface area (Å²) in [6, 6.07) is 5.93. The fourth-order valence-corrected chi connectivity index (χ4v) is 8.73. The first kappa shape index (κ1) is 32.6. The van der Waals surface area contributed by atoms with Gasteiger partial charge in [-0.25, -0.2) is 18.0 Å². The monoisotopic (exact) mass is 686 g/mol. The van der Waals surface area contributed by atoms with Crippen molar-refractivity contribution in [3.63, 3.8) is 0 Å². The van der Waals surface area contributed by atoms with Crippen LogP contribution in [0.3, 0.4) is 0 Å². The van der Waals surface area contributed by atoms with E-state index in [9.17, 15) is 18.8 Å². The molecule has 2 N–H and O–H groups in total. The van der Waals surface area contributed by atoms with Gasteiger partial charge in [-0.05, 0) is 56.5 Å². The minimum absolute atomic E-state index is 0.0269. The van der Waals surface area contributed by atoms with E-state index in [4.69, 9.17) is 22.0 Å². The number of fused-ring (bicyclic) bond motifs is 3. The molecule has 49 heavy (non-hydrogen) atoms. The number of carbonyl (C=O) groups is 1. The quantitative estimate of drug-likeness (QED) is 0.176. The van der Waals surface area contributed by atoms with Gasteiger partial charge in [-0.1, -0.05) is 12.6 Å². The van der Waals surface area contributed by atoms with Crippen LogP contribution in [-0.2, 0) is 4.79 Å². The number of anilines is 2. The van der Waals surface area contributed by atoms with Crippen LogP contribution in [0, 0.1) is 29.5 Å². The molecule has 3 aliphatic rings. The number of nitrogens with two attached hydrogens (primary N) is 1. The van der Waals surface area contributed by atoms with E-state index in [2.05, 4.69) is 27.4 Å². The van der Waals surface area contributed by atoms with Gasteiger partial charge >= 0.3 is 6.01 Å². The van der Waals surface area contributed by atoms with Crippen molar-refractivity contribution in [2.24, 2.45) is 0 Å². The summed E-state index contributed by atoms with van der Waals surface area (Å²) in [4.78, 5) is 30.9. The predicted molar refractivity (Wildman–Crippen MR) is 182 cm³/mol. The predicted octanol–water partition coefficient (Wildman–Crippen LogP) is 6.36. The zero-order valence-corrected chi connectivity index (χ0v) is 27.8. The number of benzene rings is 2. The highest BCUT2D eigenvalue weighted by molar-refractivity contribution is 7.23. The van der Waals surface area contributed by atoms with E-state index in [0.717, 1.165) is 36.8 Å². The van der Waals surface area contributed by atoms with Gasteiger partial charge in [-0.15, -0.1) is 11.3 Å². The maximum atomic E-state index is 17.2. The number of hydrogen-bond donors (Lipinski definition) is 1. The summed E-state index contributed by atoms with van der Waals surface area (Å²) < 4.78 is 53.0. The zero-order chi connectivity index (χ0) is 34.8. The number of thiophene rings is 1. The number of likely N-dealkylation sites (tertiary alicyclic amines) is 1. The van der Waals surface area contributed by atoms with Crippen molar-refractivity contribution in [3.8, 4) is 23.2 Å². The molecular weight excluding hydrogens is 654 g/mol. The second-order valence-electron chi connectivity index (χ2n) is 13.3. The van der Waals surface area contributed by atoms with Crippen molar-refractivity contribution in [2.75, 3.05) is 50.5 Å². The Hall–Kier alpha value is -4.92. The molecule has 1 amide bonds. The molecule has 5 heterocycles. The number of likely N-dealkylation sites (N-methyl/N-ethyl adjacent to an activating group) is 1. The number of nitrogens with zero attached hydrogens (tertiary/aromatic N) is 7. The highest BCUT2D eigenvalue weighted by Gasteiger charge is 2.49. The summed E-state index contributed by atoms with van der Waals surface area (Å²) in [5, 5.41) is 10.8. The average molecular weight is 687 g/mol. The number of aromatic nitrogens is 2. The van der Waals surface area contributed by atoms with Crippen LogP contribution in [0.2, 0.25) is 0 Å². The van der Waals surface area contributed by atoms with Gasteiger partial charge in [-0.2, -0.15) is 15.2 Å². The molecule has 0 spiro atoms. The van der Waals surface area contributed by atoms with Gasteiger partial charge < -0.3 is 20.3 Å². The Kier molecular flexibility index (Phi) is 7.92. The van der Waals surface area contributed by atoms with Gasteiger partial charge in [-0.3, -0.25) is 9.69 Å². The number of halogens is 3. The van der Waals surface area contributed by atoms with Gasteiger partial charge in [0.2, 0.25) is 11.6 Å². The Bertz CT molecular complexity index is 2140. The number of ether oxygens (including phenoxy) is 1. The molecule has 2 aromatic carbocycles. The Labute approximate surface area is 285 Å². The highest BCUT2D eigenvalue weighted by Crippen LogP contribution is 2.49. The maximum Gasteiger partial charge on any atom is 0.319 e. The summed E-state index contributed by atoms with van der Waals surface area (Å²) in [6.45, 7) is 15.3. The van der Waals surface area contributed by atoms with Gasteiger partial charge in [0.1, 0.15) is 29.9 Å². The molecule has 7 rings (SSSR count). The van der Waals surface area contributed by atoms with Crippen LogP contribution in [-0.4, -0.2) is 82.8 Å². The summed E-state index contributed by atoms with van der Waals surface area (Å²) >= 11 is 0.880. The third-order valence-corrected chi connectivity index (χ3v) is 11.5. The van der Waals surface area contributed by atoms with Crippen molar-refractivity contribution in [2.45, 2.75) is 49.9 Å². The highest BCUT2D eigenvalue weighted by atomic mass is 32.1. The van der Waals surface area contributed by atoms with Crippen LogP contribution in [0.1, 0.15) is 38.2 Å². The molecule has 0 unspecified atom stereocenters. The third kappa shape index (κ3) is 5.13. The number of nitriles is 1. The van der Waals surface area contributed by atoms with Crippen LogP contribution in [0.5, 0.6) is 6.01 Å². The molecule has 0 bridgehead atoms. The van der Waals surface area contributed by atoms with Crippen molar-refractivity contribution in [1.82, 2.24) is 19.8 Å². The number of hydrogen-bond acceptors (Lipinski definition) is 9. The Morgan fingerprint density at radius 2 is 2.14 bits per heavy atom. The molecule has 0 saturated carbocycles. The first-order valence-corrected chi connectivity index (χ1v) is 16.7. The van der Waals surface area contributed by atoms with Crippen LogP contribution >= 0.6 is 11.3 Å². The normalized spacial score (nSPS) is 23.5. The minimum atomic E-state index is -0.977. The third-order valence-electron chi connectivity index (χ3n) is 10.5. The molecule has 2 aromatic heterocycles. The summed E-state index contributed by atoms with van der Waals surface area (Å²) in [7, 11) is 1.78. The fraction of sp³-hybridized carbons (Fsp3) is 0.400. The van der Waals surface area contributed by atoms with E-state index < -0.39 is 28.9 Å². The van der Waals surface area contributed by atoms with Gasteiger partial charge in [0.15, 0.2) is 5.82 Å². The molecular formula is C35H33F3N8O2S. The lowest BCUT2D eigenvalue weighted by molar-refractivity contribution is -0.125. The lowest BCUT2D eigenvalue weighted by atomic mass is 9.93. The van der Waals surface area contributed by atoms with Gasteiger partial charge in [0.25, 0.3) is 0 Å². The lowest BCUT2D eigenvalue weighted by Crippen LogP contribution is -2.47. The van der Waals surface area contributed by atoms with E-state index in [0.29, 0.717) is 32.5 Å². The average Bonchev–Trinajstić information content (AvgIpc) is 3.84. The SMILES string of the molecule is [C-]#[N+]c1c(N)sc2c(F)ccc(-c3c(C#N)cc4c(N(C)[C@]5(C)CCN(C(=O)C=C)C5)nc(OC[C@@]56CCCN5C[C@H](F)C6)nc4c3F)c12. The van der Waals surface area contributed by atoms with Crippen LogP contribution in [0.15, 0.2) is 30.9 Å². The first-order chi connectivity index (χ1) is 23.4. The largest absolute Gasteiger partial charge is 0.461 e. The van der Waals surface area contributed by atoms with E-state index in [1.165, 1.54) is 18.2 Å². The summed E-state index contributed by atoms with van der Waals surface area (Å²) in [5.41, 5.74) is 4.62. The van der Waals surface area contributed by atoms with Crippen LogP contribution in [0.25, 0.3) is 37.0 Å². The number of rotatable bonds is 7. The number of carbonyl (C=O) groups excluding carboxylic acids is 1. The topological polar surface area (TPSA) is 116 Å².